The normalized spacial score (nSPS) is 14.7. The largest absolute Gasteiger partial charge is 0.369 e. The molecule has 5 nitrogen and oxygen atoms in total. The number of anilines is 2. The molecular weight excluding hydrogens is 362 g/mol. The molecule has 0 unspecified atom stereocenters. The highest BCUT2D eigenvalue weighted by atomic mass is 16.2. The maximum atomic E-state index is 12.5. The van der Waals surface area contributed by atoms with Crippen molar-refractivity contribution in [2.24, 2.45) is 0 Å². The van der Waals surface area contributed by atoms with E-state index in [9.17, 15) is 9.59 Å². The fourth-order valence-electron chi connectivity index (χ4n) is 3.74. The quantitative estimate of drug-likeness (QED) is 0.677. The number of ketones is 1. The summed E-state index contributed by atoms with van der Waals surface area (Å²) in [6.07, 6.45) is 0. The van der Waals surface area contributed by atoms with Gasteiger partial charge in [-0.2, -0.15) is 0 Å². The van der Waals surface area contributed by atoms with Crippen LogP contribution in [0.1, 0.15) is 17.3 Å². The lowest BCUT2D eigenvalue weighted by Gasteiger charge is -2.35. The lowest BCUT2D eigenvalue weighted by Crippen LogP contribution is -2.48. The summed E-state index contributed by atoms with van der Waals surface area (Å²) in [5.41, 5.74) is 2.69. The van der Waals surface area contributed by atoms with Crippen molar-refractivity contribution >= 4 is 33.8 Å². The summed E-state index contributed by atoms with van der Waals surface area (Å²) in [6.45, 7) is 5.37. The second-order valence-electron chi connectivity index (χ2n) is 7.48. The molecule has 1 amide bonds. The molecular formula is C24H25N3O2. The van der Waals surface area contributed by atoms with Gasteiger partial charge in [0.2, 0.25) is 5.91 Å². The van der Waals surface area contributed by atoms with Crippen LogP contribution in [-0.2, 0) is 4.79 Å². The first kappa shape index (κ1) is 19.2. The van der Waals surface area contributed by atoms with Crippen molar-refractivity contribution in [3.63, 3.8) is 0 Å². The van der Waals surface area contributed by atoms with E-state index in [2.05, 4.69) is 21.2 Å². The van der Waals surface area contributed by atoms with Gasteiger partial charge in [0.25, 0.3) is 0 Å². The van der Waals surface area contributed by atoms with E-state index in [0.717, 1.165) is 53.9 Å². The fourth-order valence-corrected chi connectivity index (χ4v) is 3.74. The third kappa shape index (κ3) is 4.63. The first-order valence-corrected chi connectivity index (χ1v) is 9.95. The van der Waals surface area contributed by atoms with E-state index < -0.39 is 0 Å². The number of nitrogens with one attached hydrogen (secondary N) is 1. The Balaban J connectivity index is 1.29. The SMILES string of the molecule is CC(=O)c1ccc(N2CCN(CC(=O)Nc3ccc4ccccc4c3)CC2)cc1. The minimum atomic E-state index is 0.0135. The molecule has 0 spiro atoms. The van der Waals surface area contributed by atoms with E-state index >= 15 is 0 Å². The third-order valence-corrected chi connectivity index (χ3v) is 5.41. The molecule has 1 heterocycles. The maximum Gasteiger partial charge on any atom is 0.238 e. The molecule has 3 aromatic rings. The topological polar surface area (TPSA) is 52.7 Å². The van der Waals surface area contributed by atoms with E-state index in [1.807, 2.05) is 60.7 Å². The lowest BCUT2D eigenvalue weighted by atomic mass is 10.1. The second-order valence-corrected chi connectivity index (χ2v) is 7.48. The van der Waals surface area contributed by atoms with Crippen LogP contribution in [0.25, 0.3) is 10.8 Å². The van der Waals surface area contributed by atoms with E-state index in [1.165, 1.54) is 0 Å². The number of benzene rings is 3. The van der Waals surface area contributed by atoms with Gasteiger partial charge < -0.3 is 10.2 Å². The van der Waals surface area contributed by atoms with Gasteiger partial charge in [-0.05, 0) is 54.1 Å². The van der Waals surface area contributed by atoms with Crippen molar-refractivity contribution in [3.05, 3.63) is 72.3 Å². The van der Waals surface area contributed by atoms with Crippen LogP contribution in [-0.4, -0.2) is 49.3 Å². The average Bonchev–Trinajstić information content (AvgIpc) is 2.74. The summed E-state index contributed by atoms with van der Waals surface area (Å²) in [6, 6.07) is 21.9. The van der Waals surface area contributed by atoms with Crippen LogP contribution in [0.4, 0.5) is 11.4 Å². The third-order valence-electron chi connectivity index (χ3n) is 5.41. The highest BCUT2D eigenvalue weighted by Gasteiger charge is 2.19. The number of nitrogens with zero attached hydrogens (tertiary/aromatic N) is 2. The monoisotopic (exact) mass is 387 g/mol. The zero-order valence-corrected chi connectivity index (χ0v) is 16.6. The molecule has 0 bridgehead atoms. The van der Waals surface area contributed by atoms with Crippen molar-refractivity contribution in [1.29, 1.82) is 0 Å². The van der Waals surface area contributed by atoms with Crippen molar-refractivity contribution in [2.75, 3.05) is 42.9 Å². The number of hydrogen-bond donors (Lipinski definition) is 1. The predicted molar refractivity (Wildman–Crippen MR) is 118 cm³/mol. The smallest absolute Gasteiger partial charge is 0.238 e. The summed E-state index contributed by atoms with van der Waals surface area (Å²) < 4.78 is 0. The number of amides is 1. The first-order valence-electron chi connectivity index (χ1n) is 9.95. The molecule has 1 aliphatic rings. The Morgan fingerprint density at radius 2 is 1.55 bits per heavy atom. The standard InChI is InChI=1S/C24H25N3O2/c1-18(28)19-7-10-23(11-8-19)27-14-12-26(13-15-27)17-24(29)25-22-9-6-20-4-2-3-5-21(20)16-22/h2-11,16H,12-15,17H2,1H3,(H,25,29). The minimum absolute atomic E-state index is 0.0135. The molecule has 3 aromatic carbocycles. The highest BCUT2D eigenvalue weighted by molar-refractivity contribution is 5.95. The number of rotatable bonds is 5. The Labute approximate surface area is 170 Å². The Kier molecular flexibility index (Phi) is 5.58. The summed E-state index contributed by atoms with van der Waals surface area (Å²) >= 11 is 0. The van der Waals surface area contributed by atoms with Gasteiger partial charge in [-0.3, -0.25) is 14.5 Å². The van der Waals surface area contributed by atoms with E-state index in [0.29, 0.717) is 6.54 Å². The van der Waals surface area contributed by atoms with Gasteiger partial charge in [0.05, 0.1) is 6.54 Å². The van der Waals surface area contributed by atoms with Crippen molar-refractivity contribution in [3.8, 4) is 0 Å². The van der Waals surface area contributed by atoms with Crippen LogP contribution in [0.15, 0.2) is 66.7 Å². The zero-order chi connectivity index (χ0) is 20.2. The Morgan fingerprint density at radius 1 is 0.862 bits per heavy atom. The molecule has 1 aliphatic heterocycles. The van der Waals surface area contributed by atoms with E-state index in [-0.39, 0.29) is 11.7 Å². The van der Waals surface area contributed by atoms with Gasteiger partial charge in [0.15, 0.2) is 5.78 Å². The Morgan fingerprint density at radius 3 is 2.24 bits per heavy atom. The molecule has 0 aliphatic carbocycles. The van der Waals surface area contributed by atoms with Gasteiger partial charge in [0.1, 0.15) is 0 Å². The maximum absolute atomic E-state index is 12.5. The van der Waals surface area contributed by atoms with Crippen LogP contribution in [0.5, 0.6) is 0 Å². The van der Waals surface area contributed by atoms with Crippen LogP contribution >= 0.6 is 0 Å². The van der Waals surface area contributed by atoms with Crippen LogP contribution in [0.3, 0.4) is 0 Å². The molecule has 1 N–H and O–H groups in total. The number of piperazine rings is 1. The van der Waals surface area contributed by atoms with E-state index in [1.54, 1.807) is 6.92 Å². The first-order chi connectivity index (χ1) is 14.1. The summed E-state index contributed by atoms with van der Waals surface area (Å²) in [5.74, 6) is 0.0957. The van der Waals surface area contributed by atoms with Crippen LogP contribution < -0.4 is 10.2 Å². The number of fused-ring (bicyclic) bond motifs is 1. The molecule has 5 heteroatoms. The van der Waals surface area contributed by atoms with Gasteiger partial charge in [-0.15, -0.1) is 0 Å². The van der Waals surface area contributed by atoms with E-state index in [4.69, 9.17) is 0 Å². The molecule has 0 saturated carbocycles. The number of hydrogen-bond acceptors (Lipinski definition) is 4. The fraction of sp³-hybridized carbons (Fsp3) is 0.250. The van der Waals surface area contributed by atoms with Crippen molar-refractivity contribution < 1.29 is 9.59 Å². The van der Waals surface area contributed by atoms with Crippen LogP contribution in [0, 0.1) is 0 Å². The predicted octanol–water partition coefficient (Wildman–Crippen LogP) is 3.80. The summed E-state index contributed by atoms with van der Waals surface area (Å²) in [4.78, 5) is 28.4. The van der Waals surface area contributed by atoms with Crippen molar-refractivity contribution in [1.82, 2.24) is 4.90 Å². The minimum Gasteiger partial charge on any atom is -0.369 e. The zero-order valence-electron chi connectivity index (χ0n) is 16.6. The number of Topliss-reactive ketones (excluding diaryl/α,β-unsaturated/α-hetero) is 1. The molecule has 29 heavy (non-hydrogen) atoms. The molecule has 0 radical (unpaired) electrons. The second kappa shape index (κ2) is 8.45. The Hall–Kier alpha value is -3.18. The molecule has 0 aromatic heterocycles. The molecule has 1 fully saturated rings. The molecule has 148 valence electrons. The lowest BCUT2D eigenvalue weighted by molar-refractivity contribution is -0.117. The average molecular weight is 387 g/mol. The summed E-state index contributed by atoms with van der Waals surface area (Å²) in [5, 5.41) is 5.30. The van der Waals surface area contributed by atoms with Gasteiger partial charge in [0, 0.05) is 43.1 Å². The van der Waals surface area contributed by atoms with Crippen LogP contribution in [0.2, 0.25) is 0 Å². The molecule has 0 atom stereocenters. The van der Waals surface area contributed by atoms with Gasteiger partial charge in [-0.1, -0.05) is 30.3 Å². The number of carbonyl (C=O) groups is 2. The summed E-state index contributed by atoms with van der Waals surface area (Å²) in [7, 11) is 0. The number of carbonyl (C=O) groups excluding carboxylic acids is 2. The molecule has 1 saturated heterocycles. The highest BCUT2D eigenvalue weighted by Crippen LogP contribution is 2.20. The van der Waals surface area contributed by atoms with Gasteiger partial charge in [-0.25, -0.2) is 0 Å². The van der Waals surface area contributed by atoms with Gasteiger partial charge >= 0.3 is 0 Å². The Bertz CT molecular complexity index is 1020. The molecule has 4 rings (SSSR count). The van der Waals surface area contributed by atoms with Crippen molar-refractivity contribution in [2.45, 2.75) is 6.92 Å².